The number of cyclic esters (lactones) is 1. The highest BCUT2D eigenvalue weighted by Crippen LogP contribution is 2.20. The third-order valence-corrected chi connectivity index (χ3v) is 3.59. The van der Waals surface area contributed by atoms with E-state index in [0.29, 0.717) is 29.5 Å². The van der Waals surface area contributed by atoms with Crippen LogP contribution in [0.2, 0.25) is 5.02 Å². The zero-order valence-electron chi connectivity index (χ0n) is 11.7. The summed E-state index contributed by atoms with van der Waals surface area (Å²) >= 11 is 6.11. The van der Waals surface area contributed by atoms with Gasteiger partial charge in [0, 0.05) is 23.8 Å². The second kappa shape index (κ2) is 6.54. The van der Waals surface area contributed by atoms with Gasteiger partial charge in [0.05, 0.1) is 0 Å². The Morgan fingerprint density at radius 3 is 2.77 bits per heavy atom. The number of carbonyl (C=O) groups excluding carboxylic acids is 1. The number of hydrogen-bond acceptors (Lipinski definition) is 4. The highest BCUT2D eigenvalue weighted by Gasteiger charge is 2.22. The molecule has 0 fully saturated rings. The normalized spacial score (nSPS) is 15.8. The van der Waals surface area contributed by atoms with Crippen molar-refractivity contribution in [3.63, 3.8) is 0 Å². The fourth-order valence-electron chi connectivity index (χ4n) is 2.12. The van der Waals surface area contributed by atoms with E-state index in [9.17, 15) is 4.79 Å². The molecule has 2 heterocycles. The molecule has 0 spiro atoms. The molecule has 0 N–H and O–H groups in total. The number of halogens is 1. The molecule has 110 valence electrons. The molecule has 3 rings (SSSR count). The molecule has 4 nitrogen and oxygen atoms in total. The van der Waals surface area contributed by atoms with Gasteiger partial charge in [0.2, 0.25) is 0 Å². The third kappa shape index (κ3) is 3.40. The lowest BCUT2D eigenvalue weighted by Crippen LogP contribution is -2.05. The van der Waals surface area contributed by atoms with Crippen LogP contribution in [0.4, 0.5) is 0 Å². The van der Waals surface area contributed by atoms with Crippen LogP contribution in [-0.2, 0) is 16.0 Å². The van der Waals surface area contributed by atoms with Gasteiger partial charge in [-0.25, -0.2) is 9.79 Å². The minimum Gasteiger partial charge on any atom is -0.407 e. The molecule has 0 radical (unpaired) electrons. The predicted octanol–water partition coefficient (Wildman–Crippen LogP) is 3.66. The molecule has 2 aromatic rings. The number of hydrogen-bond donors (Lipinski definition) is 0. The van der Waals surface area contributed by atoms with E-state index in [0.717, 1.165) is 11.1 Å². The van der Waals surface area contributed by atoms with Crippen molar-refractivity contribution in [1.29, 1.82) is 0 Å². The Morgan fingerprint density at radius 2 is 2.00 bits per heavy atom. The fourth-order valence-corrected chi connectivity index (χ4v) is 2.35. The molecule has 1 aromatic carbocycles. The van der Waals surface area contributed by atoms with Crippen molar-refractivity contribution in [3.8, 4) is 0 Å². The van der Waals surface area contributed by atoms with Gasteiger partial charge in [0.25, 0.3) is 0 Å². The number of pyridine rings is 1. The largest absolute Gasteiger partial charge is 0.407 e. The minimum atomic E-state index is -0.432. The van der Waals surface area contributed by atoms with Gasteiger partial charge < -0.3 is 4.74 Å². The lowest BCUT2D eigenvalue weighted by molar-refractivity contribution is -0.130. The van der Waals surface area contributed by atoms with Crippen LogP contribution in [-0.4, -0.2) is 16.9 Å². The number of nitrogens with zero attached hydrogens (tertiary/aromatic N) is 2. The third-order valence-electron chi connectivity index (χ3n) is 3.22. The van der Waals surface area contributed by atoms with Crippen LogP contribution >= 0.6 is 11.6 Å². The molecule has 0 bridgehead atoms. The van der Waals surface area contributed by atoms with Gasteiger partial charge in [-0.1, -0.05) is 35.9 Å². The number of esters is 1. The number of rotatable bonds is 4. The van der Waals surface area contributed by atoms with Crippen LogP contribution in [0.5, 0.6) is 0 Å². The summed E-state index contributed by atoms with van der Waals surface area (Å²) in [4.78, 5) is 20.1. The fraction of sp³-hybridized carbons (Fsp3) is 0.118. The van der Waals surface area contributed by atoms with Crippen LogP contribution in [0, 0.1) is 0 Å². The average Bonchev–Trinajstić information content (AvgIpc) is 2.88. The Bertz CT molecular complexity index is 754. The van der Waals surface area contributed by atoms with Gasteiger partial charge in [0.15, 0.2) is 11.6 Å². The Morgan fingerprint density at radius 1 is 1.14 bits per heavy atom. The molecule has 0 saturated carbocycles. The summed E-state index contributed by atoms with van der Waals surface area (Å²) in [6.07, 6.45) is 6.20. The van der Waals surface area contributed by atoms with E-state index < -0.39 is 5.97 Å². The van der Waals surface area contributed by atoms with Gasteiger partial charge in [-0.05, 0) is 35.8 Å². The van der Waals surface area contributed by atoms with Crippen LogP contribution in [0.15, 0.2) is 59.5 Å². The van der Waals surface area contributed by atoms with Gasteiger partial charge in [0.1, 0.15) is 0 Å². The van der Waals surface area contributed by atoms with Crippen molar-refractivity contribution < 1.29 is 9.53 Å². The van der Waals surface area contributed by atoms with Crippen LogP contribution < -0.4 is 0 Å². The average molecular weight is 313 g/mol. The van der Waals surface area contributed by atoms with Crippen LogP contribution in [0.25, 0.3) is 6.08 Å². The lowest BCUT2D eigenvalue weighted by Gasteiger charge is -2.02. The monoisotopic (exact) mass is 312 g/mol. The molecule has 22 heavy (non-hydrogen) atoms. The summed E-state index contributed by atoms with van der Waals surface area (Å²) in [7, 11) is 0. The van der Waals surface area contributed by atoms with Crippen molar-refractivity contribution in [3.05, 3.63) is 70.6 Å². The zero-order valence-corrected chi connectivity index (χ0v) is 12.5. The molecular weight excluding hydrogens is 300 g/mol. The highest BCUT2D eigenvalue weighted by molar-refractivity contribution is 6.31. The number of ether oxygens (including phenoxy) is 1. The lowest BCUT2D eigenvalue weighted by atomic mass is 10.1. The first-order valence-corrected chi connectivity index (χ1v) is 7.25. The molecule has 1 aromatic heterocycles. The molecule has 1 aliphatic heterocycles. The SMILES string of the molecule is O=C1OC(CCc2ccccc2Cl)=N/C1=C/c1cccnc1. The smallest absolute Gasteiger partial charge is 0.363 e. The Hall–Kier alpha value is -2.46. The maximum absolute atomic E-state index is 11.8. The number of benzene rings is 1. The Kier molecular flexibility index (Phi) is 4.30. The summed E-state index contributed by atoms with van der Waals surface area (Å²) < 4.78 is 5.19. The van der Waals surface area contributed by atoms with E-state index in [1.165, 1.54) is 0 Å². The quantitative estimate of drug-likeness (QED) is 0.639. The number of aryl methyl sites for hydroxylation is 1. The molecular formula is C17H13ClN2O2. The van der Waals surface area contributed by atoms with Gasteiger partial charge in [-0.3, -0.25) is 4.98 Å². The van der Waals surface area contributed by atoms with E-state index in [2.05, 4.69) is 9.98 Å². The maximum Gasteiger partial charge on any atom is 0.363 e. The second-order valence-electron chi connectivity index (χ2n) is 4.80. The van der Waals surface area contributed by atoms with Crippen molar-refractivity contribution in [2.45, 2.75) is 12.8 Å². The van der Waals surface area contributed by atoms with E-state index in [1.54, 1.807) is 24.5 Å². The summed E-state index contributed by atoms with van der Waals surface area (Å²) in [5, 5.41) is 0.707. The molecule has 0 atom stereocenters. The van der Waals surface area contributed by atoms with Gasteiger partial charge in [-0.2, -0.15) is 0 Å². The van der Waals surface area contributed by atoms with Crippen molar-refractivity contribution in [1.82, 2.24) is 4.98 Å². The van der Waals surface area contributed by atoms with E-state index in [4.69, 9.17) is 16.3 Å². The van der Waals surface area contributed by atoms with E-state index in [1.807, 2.05) is 30.3 Å². The topological polar surface area (TPSA) is 51.5 Å². The van der Waals surface area contributed by atoms with Crippen molar-refractivity contribution in [2.75, 3.05) is 0 Å². The summed E-state index contributed by atoms with van der Waals surface area (Å²) in [6.45, 7) is 0. The Balaban J connectivity index is 1.71. The first-order valence-electron chi connectivity index (χ1n) is 6.87. The zero-order chi connectivity index (χ0) is 15.4. The summed E-state index contributed by atoms with van der Waals surface area (Å²) in [6, 6.07) is 11.3. The molecule has 0 amide bonds. The Labute approximate surface area is 133 Å². The standard InChI is InChI=1S/C17H13ClN2O2/c18-14-6-2-1-5-13(14)7-8-16-20-15(17(21)22-16)10-12-4-3-9-19-11-12/h1-6,9-11H,7-8H2/b15-10+. The van der Waals surface area contributed by atoms with E-state index >= 15 is 0 Å². The van der Waals surface area contributed by atoms with Crippen LogP contribution in [0.3, 0.4) is 0 Å². The number of carbonyl (C=O) groups is 1. The highest BCUT2D eigenvalue weighted by atomic mass is 35.5. The second-order valence-corrected chi connectivity index (χ2v) is 5.21. The molecule has 0 aliphatic carbocycles. The van der Waals surface area contributed by atoms with Gasteiger partial charge in [-0.15, -0.1) is 0 Å². The van der Waals surface area contributed by atoms with Crippen molar-refractivity contribution in [2.24, 2.45) is 4.99 Å². The first kappa shape index (κ1) is 14.5. The molecule has 0 saturated heterocycles. The van der Waals surface area contributed by atoms with Gasteiger partial charge >= 0.3 is 5.97 Å². The molecule has 5 heteroatoms. The number of aliphatic imine (C=N–C) groups is 1. The maximum atomic E-state index is 11.8. The number of aromatic nitrogens is 1. The van der Waals surface area contributed by atoms with Crippen molar-refractivity contribution >= 4 is 29.5 Å². The van der Waals surface area contributed by atoms with E-state index in [-0.39, 0.29) is 0 Å². The predicted molar refractivity (Wildman–Crippen MR) is 85.5 cm³/mol. The molecule has 1 aliphatic rings. The van der Waals surface area contributed by atoms with Crippen LogP contribution in [0.1, 0.15) is 17.5 Å². The first-order chi connectivity index (χ1) is 10.7. The minimum absolute atomic E-state index is 0.294. The molecule has 0 unspecified atom stereocenters. The summed E-state index contributed by atoms with van der Waals surface area (Å²) in [5.74, 6) is -0.0157. The summed E-state index contributed by atoms with van der Waals surface area (Å²) in [5.41, 5.74) is 2.11.